The predicted molar refractivity (Wildman–Crippen MR) is 71.5 cm³/mol. The fraction of sp³-hybridized carbons (Fsp3) is 0.154. The molecule has 0 amide bonds. The third-order valence-electron chi connectivity index (χ3n) is 2.69. The summed E-state index contributed by atoms with van der Waals surface area (Å²) in [6.45, 7) is 3.64. The Balaban J connectivity index is 2.60. The first-order valence-corrected chi connectivity index (χ1v) is 5.64. The molecule has 1 aromatic heterocycles. The summed E-state index contributed by atoms with van der Waals surface area (Å²) in [4.78, 5) is 1.23. The highest BCUT2D eigenvalue weighted by Crippen LogP contribution is 2.21. The van der Waals surface area contributed by atoms with E-state index in [-0.39, 0.29) is 11.5 Å². The van der Waals surface area contributed by atoms with Gasteiger partial charge in [0.05, 0.1) is 11.4 Å². The minimum absolute atomic E-state index is 0.102. The molecule has 5 nitrogen and oxygen atoms in total. The van der Waals surface area contributed by atoms with Crippen molar-refractivity contribution >= 4 is 19.5 Å². The zero-order chi connectivity index (χ0) is 13.8. The van der Waals surface area contributed by atoms with Gasteiger partial charge in [0.15, 0.2) is 0 Å². The first-order valence-electron chi connectivity index (χ1n) is 5.64. The van der Waals surface area contributed by atoms with Gasteiger partial charge in [-0.3, -0.25) is 0 Å². The van der Waals surface area contributed by atoms with Crippen LogP contribution in [0.15, 0.2) is 30.3 Å². The van der Waals surface area contributed by atoms with Gasteiger partial charge >= 0.3 is 8.05 Å². The monoisotopic (exact) mass is 250 g/mol. The van der Waals surface area contributed by atoms with Crippen LogP contribution >= 0.6 is 0 Å². The van der Waals surface area contributed by atoms with Crippen LogP contribution in [0.1, 0.15) is 17.0 Å². The lowest BCUT2D eigenvalue weighted by atomic mass is 10.1. The summed E-state index contributed by atoms with van der Waals surface area (Å²) >= 11 is 0. The molecule has 6 heteroatoms. The number of hydrogen-bond acceptors (Lipinski definition) is 4. The van der Waals surface area contributed by atoms with Crippen molar-refractivity contribution in [3.05, 3.63) is 47.3 Å². The molecule has 0 saturated carbocycles. The van der Waals surface area contributed by atoms with Crippen molar-refractivity contribution in [2.75, 3.05) is 0 Å². The number of nitriles is 1. The van der Waals surface area contributed by atoms with Gasteiger partial charge in [-0.1, -0.05) is 30.3 Å². The average molecular weight is 250 g/mol. The molecule has 2 radical (unpaired) electrons. The van der Waals surface area contributed by atoms with E-state index in [0.717, 1.165) is 11.4 Å². The van der Waals surface area contributed by atoms with Crippen molar-refractivity contribution in [1.82, 2.24) is 15.0 Å². The molecule has 0 aliphatic carbocycles. The van der Waals surface area contributed by atoms with Gasteiger partial charge in [-0.05, 0) is 19.4 Å². The molecule has 0 bridgehead atoms. The minimum atomic E-state index is 0.102. The van der Waals surface area contributed by atoms with Gasteiger partial charge in [-0.2, -0.15) is 15.5 Å². The highest BCUT2D eigenvalue weighted by atomic mass is 16.4. The van der Waals surface area contributed by atoms with Crippen LogP contribution in [-0.4, -0.2) is 23.0 Å². The Kier molecular flexibility index (Phi) is 3.67. The molecule has 0 aliphatic heterocycles. The van der Waals surface area contributed by atoms with Crippen molar-refractivity contribution < 1.29 is 4.65 Å². The Hall–Kier alpha value is -2.55. The third-order valence-corrected chi connectivity index (χ3v) is 2.69. The molecule has 19 heavy (non-hydrogen) atoms. The van der Waals surface area contributed by atoms with E-state index < -0.39 is 0 Å². The number of nitrogens with zero attached hydrogens (tertiary/aromatic N) is 4. The molecular formula is C13H11BN4O. The molecule has 0 aliphatic rings. The van der Waals surface area contributed by atoms with Crippen molar-refractivity contribution in [1.29, 1.82) is 5.26 Å². The van der Waals surface area contributed by atoms with Crippen LogP contribution in [0.4, 0.5) is 0 Å². The van der Waals surface area contributed by atoms with Gasteiger partial charge in [0.1, 0.15) is 11.6 Å². The maximum absolute atomic E-state index is 9.31. The SMILES string of the molecule is [B]OC(=C(C#N)c1ccccc1)n1nc(C)c(C)n1. The van der Waals surface area contributed by atoms with Crippen molar-refractivity contribution in [2.45, 2.75) is 13.8 Å². The largest absolute Gasteiger partial charge is 0.553 e. The lowest BCUT2D eigenvalue weighted by Gasteiger charge is -2.08. The van der Waals surface area contributed by atoms with E-state index in [4.69, 9.17) is 12.7 Å². The standard InChI is InChI=1S/C13H11BN4O/c1-9-10(2)17-18(16-9)13(19-14)12(8-15)11-6-4-3-5-7-11/h3-7H,1-2H3. The van der Waals surface area contributed by atoms with Gasteiger partial charge in [0.25, 0.3) is 0 Å². The van der Waals surface area contributed by atoms with Gasteiger partial charge in [0.2, 0.25) is 5.88 Å². The van der Waals surface area contributed by atoms with Crippen molar-refractivity contribution in [2.24, 2.45) is 0 Å². The summed E-state index contributed by atoms with van der Waals surface area (Å²) < 4.78 is 4.81. The molecular weight excluding hydrogens is 239 g/mol. The van der Waals surface area contributed by atoms with Crippen LogP contribution < -0.4 is 0 Å². The second-order valence-electron chi connectivity index (χ2n) is 3.94. The minimum Gasteiger partial charge on any atom is -0.553 e. The maximum atomic E-state index is 9.31. The quantitative estimate of drug-likeness (QED) is 0.473. The fourth-order valence-corrected chi connectivity index (χ4v) is 1.59. The lowest BCUT2D eigenvalue weighted by molar-refractivity contribution is 0.488. The third kappa shape index (κ3) is 2.50. The zero-order valence-corrected chi connectivity index (χ0v) is 10.7. The summed E-state index contributed by atoms with van der Waals surface area (Å²) in [6, 6.07) is 11.2. The lowest BCUT2D eigenvalue weighted by Crippen LogP contribution is -2.07. The molecule has 1 heterocycles. The van der Waals surface area contributed by atoms with Gasteiger partial charge < -0.3 is 4.65 Å². The summed E-state index contributed by atoms with van der Waals surface area (Å²) in [7, 11) is 5.27. The van der Waals surface area contributed by atoms with E-state index in [1.807, 2.05) is 32.0 Å². The summed E-state index contributed by atoms with van der Waals surface area (Å²) in [6.07, 6.45) is 0. The Labute approximate surface area is 112 Å². The molecule has 0 unspecified atom stereocenters. The van der Waals surface area contributed by atoms with Crippen LogP contribution in [0.25, 0.3) is 11.5 Å². The highest BCUT2D eigenvalue weighted by Gasteiger charge is 2.14. The van der Waals surface area contributed by atoms with E-state index in [9.17, 15) is 5.26 Å². The molecule has 1 aromatic carbocycles. The molecule has 0 saturated heterocycles. The van der Waals surface area contributed by atoms with Crippen LogP contribution in [0.5, 0.6) is 0 Å². The second-order valence-corrected chi connectivity index (χ2v) is 3.94. The summed E-state index contributed by atoms with van der Waals surface area (Å²) in [5, 5.41) is 17.6. The molecule has 2 rings (SSSR count). The van der Waals surface area contributed by atoms with Crippen molar-refractivity contribution in [3.63, 3.8) is 0 Å². The van der Waals surface area contributed by atoms with E-state index in [1.54, 1.807) is 12.1 Å². The molecule has 0 atom stereocenters. The molecule has 0 fully saturated rings. The molecule has 2 aromatic rings. The van der Waals surface area contributed by atoms with Crippen LogP contribution in [0.3, 0.4) is 0 Å². The number of hydrogen-bond donors (Lipinski definition) is 0. The highest BCUT2D eigenvalue weighted by molar-refractivity contribution is 6.03. The molecule has 0 spiro atoms. The van der Waals surface area contributed by atoms with Crippen LogP contribution in [0, 0.1) is 25.2 Å². The Morgan fingerprint density at radius 3 is 2.26 bits per heavy atom. The van der Waals surface area contributed by atoms with Crippen LogP contribution in [0.2, 0.25) is 0 Å². The number of aryl methyl sites for hydroxylation is 2. The van der Waals surface area contributed by atoms with E-state index in [1.165, 1.54) is 4.80 Å². The fourth-order valence-electron chi connectivity index (χ4n) is 1.59. The topological polar surface area (TPSA) is 63.7 Å². The number of benzene rings is 1. The van der Waals surface area contributed by atoms with Crippen LogP contribution in [-0.2, 0) is 4.65 Å². The van der Waals surface area contributed by atoms with E-state index in [2.05, 4.69) is 16.3 Å². The Bertz CT molecular complexity index is 636. The smallest absolute Gasteiger partial charge is 0.376 e. The first kappa shape index (κ1) is 12.9. The van der Waals surface area contributed by atoms with Gasteiger partial charge in [0, 0.05) is 0 Å². The maximum Gasteiger partial charge on any atom is 0.376 e. The second kappa shape index (κ2) is 5.40. The van der Waals surface area contributed by atoms with Gasteiger partial charge in [-0.25, -0.2) is 0 Å². The van der Waals surface area contributed by atoms with E-state index in [0.29, 0.717) is 5.56 Å². The summed E-state index contributed by atoms with van der Waals surface area (Å²) in [5.41, 5.74) is 2.47. The first-order chi connectivity index (χ1) is 9.17. The van der Waals surface area contributed by atoms with E-state index >= 15 is 0 Å². The number of aromatic nitrogens is 3. The van der Waals surface area contributed by atoms with Crippen molar-refractivity contribution in [3.8, 4) is 6.07 Å². The Morgan fingerprint density at radius 2 is 1.79 bits per heavy atom. The zero-order valence-electron chi connectivity index (χ0n) is 10.7. The normalized spacial score (nSPS) is 11.6. The molecule has 92 valence electrons. The average Bonchev–Trinajstić information content (AvgIpc) is 2.76. The summed E-state index contributed by atoms with van der Waals surface area (Å²) in [5.74, 6) is 0.102. The Morgan fingerprint density at radius 1 is 1.21 bits per heavy atom. The molecule has 0 N–H and O–H groups in total. The number of allylic oxidation sites excluding steroid dienone is 1. The van der Waals surface area contributed by atoms with Gasteiger partial charge in [-0.15, -0.1) is 4.80 Å². The number of rotatable bonds is 3. The predicted octanol–water partition coefficient (Wildman–Crippen LogP) is 1.84.